The number of aryl methyl sites for hydroxylation is 1. The second-order valence-electron chi connectivity index (χ2n) is 6.01. The minimum Gasteiger partial charge on any atom is -0.496 e. The molecule has 0 aliphatic carbocycles. The number of nitrogens with zero attached hydrogens (tertiary/aromatic N) is 1. The Morgan fingerprint density at radius 3 is 2.50 bits per heavy atom. The van der Waals surface area contributed by atoms with Crippen molar-refractivity contribution >= 4 is 45.0 Å². The fourth-order valence-electron chi connectivity index (χ4n) is 2.87. The number of anilines is 1. The van der Waals surface area contributed by atoms with Crippen molar-refractivity contribution < 1.29 is 9.53 Å². The molecule has 0 saturated carbocycles. The number of hydrogen-bond donors (Lipinski definition) is 1. The first-order valence-electron chi connectivity index (χ1n) is 8.75. The van der Waals surface area contributed by atoms with Gasteiger partial charge in [-0.15, -0.1) is 22.7 Å². The van der Waals surface area contributed by atoms with Gasteiger partial charge in [0.2, 0.25) is 5.91 Å². The molecule has 0 atom stereocenters. The van der Waals surface area contributed by atoms with Crippen LogP contribution in [0.2, 0.25) is 0 Å². The van der Waals surface area contributed by atoms with Gasteiger partial charge < -0.3 is 10.1 Å². The van der Waals surface area contributed by atoms with Crippen LogP contribution in [0.15, 0.2) is 59.3 Å². The van der Waals surface area contributed by atoms with E-state index in [1.165, 1.54) is 11.3 Å². The number of nitrogens with one attached hydrogen (secondary N) is 1. The topological polar surface area (TPSA) is 51.2 Å². The lowest BCUT2D eigenvalue weighted by atomic mass is 10.1. The van der Waals surface area contributed by atoms with Crippen molar-refractivity contribution in [2.45, 2.75) is 12.8 Å². The van der Waals surface area contributed by atoms with Gasteiger partial charge in [0.15, 0.2) is 5.13 Å². The molecule has 0 aliphatic rings. The molecule has 0 aliphatic heterocycles. The highest BCUT2D eigenvalue weighted by molar-refractivity contribution is 7.24. The number of thiazole rings is 1. The molecule has 1 aromatic carbocycles. The van der Waals surface area contributed by atoms with E-state index in [4.69, 9.17) is 9.72 Å². The maximum Gasteiger partial charge on any atom is 0.226 e. The number of thiophene rings is 2. The molecule has 3 heterocycles. The van der Waals surface area contributed by atoms with Gasteiger partial charge in [0.1, 0.15) is 11.4 Å². The lowest BCUT2D eigenvalue weighted by Gasteiger charge is -2.07. The van der Waals surface area contributed by atoms with E-state index in [1.54, 1.807) is 29.8 Å². The molecule has 0 saturated heterocycles. The van der Waals surface area contributed by atoms with Crippen molar-refractivity contribution in [3.63, 3.8) is 0 Å². The Bertz CT molecular complexity index is 1000. The molecule has 0 fully saturated rings. The molecule has 0 radical (unpaired) electrons. The molecular formula is C21H18N2O2S3. The molecule has 28 heavy (non-hydrogen) atoms. The van der Waals surface area contributed by atoms with Crippen LogP contribution >= 0.6 is 34.0 Å². The fraction of sp³-hybridized carbons (Fsp3) is 0.143. The van der Waals surface area contributed by atoms with Gasteiger partial charge in [0.25, 0.3) is 0 Å². The molecule has 4 aromatic rings. The smallest absolute Gasteiger partial charge is 0.226 e. The van der Waals surface area contributed by atoms with Gasteiger partial charge in [-0.2, -0.15) is 0 Å². The number of ether oxygens (including phenoxy) is 1. The highest BCUT2D eigenvalue weighted by Crippen LogP contribution is 2.42. The normalized spacial score (nSPS) is 10.8. The number of methoxy groups -OCH3 is 1. The number of amides is 1. The molecule has 0 unspecified atom stereocenters. The van der Waals surface area contributed by atoms with Crippen LogP contribution in [0, 0.1) is 0 Å². The number of para-hydroxylation sites is 1. The zero-order valence-corrected chi connectivity index (χ0v) is 17.6. The minimum atomic E-state index is -0.0462. The van der Waals surface area contributed by atoms with Crippen LogP contribution < -0.4 is 10.1 Å². The van der Waals surface area contributed by atoms with Crippen LogP contribution in [0.3, 0.4) is 0 Å². The second-order valence-corrected chi connectivity index (χ2v) is 8.91. The number of carbonyl (C=O) groups is 1. The average molecular weight is 427 g/mol. The van der Waals surface area contributed by atoms with E-state index in [-0.39, 0.29) is 5.91 Å². The summed E-state index contributed by atoms with van der Waals surface area (Å²) in [7, 11) is 1.65. The van der Waals surface area contributed by atoms with Crippen LogP contribution in [-0.4, -0.2) is 18.0 Å². The molecule has 4 rings (SSSR count). The van der Waals surface area contributed by atoms with Gasteiger partial charge in [0, 0.05) is 11.3 Å². The van der Waals surface area contributed by atoms with Gasteiger partial charge in [-0.1, -0.05) is 41.7 Å². The Kier molecular flexibility index (Phi) is 5.85. The summed E-state index contributed by atoms with van der Waals surface area (Å²) in [6, 6.07) is 16.0. The van der Waals surface area contributed by atoms with Crippen molar-refractivity contribution in [3.8, 4) is 26.1 Å². The summed E-state index contributed by atoms with van der Waals surface area (Å²) in [6.45, 7) is 0. The molecule has 4 nitrogen and oxygen atoms in total. The Balaban J connectivity index is 1.50. The molecular weight excluding hydrogens is 408 g/mol. The third-order valence-electron chi connectivity index (χ3n) is 4.19. The van der Waals surface area contributed by atoms with Crippen molar-refractivity contribution in [1.82, 2.24) is 4.98 Å². The standard InChI is InChI=1S/C21H18N2O2S3/c1-25-15-7-3-2-6-14(15)10-11-18(24)22-21-23-19(16-8-4-12-26-16)20(28-21)17-9-5-13-27-17/h2-9,12-13H,10-11H2,1H3,(H,22,23,24). The van der Waals surface area contributed by atoms with Gasteiger partial charge in [-0.05, 0) is 40.9 Å². The van der Waals surface area contributed by atoms with E-state index in [1.807, 2.05) is 41.8 Å². The first-order valence-corrected chi connectivity index (χ1v) is 11.3. The van der Waals surface area contributed by atoms with Crippen molar-refractivity contribution in [3.05, 3.63) is 64.9 Å². The number of rotatable bonds is 7. The summed E-state index contributed by atoms with van der Waals surface area (Å²) in [5.74, 6) is 0.764. The van der Waals surface area contributed by atoms with Gasteiger partial charge >= 0.3 is 0 Å². The molecule has 7 heteroatoms. The summed E-state index contributed by atoms with van der Waals surface area (Å²) in [5.41, 5.74) is 1.96. The van der Waals surface area contributed by atoms with E-state index in [0.29, 0.717) is 18.0 Å². The van der Waals surface area contributed by atoms with Crippen LogP contribution in [-0.2, 0) is 11.2 Å². The summed E-state index contributed by atoms with van der Waals surface area (Å²) in [5, 5.41) is 7.70. The fourth-order valence-corrected chi connectivity index (χ4v) is 5.50. The second kappa shape index (κ2) is 8.68. The van der Waals surface area contributed by atoms with Crippen LogP contribution in [0.1, 0.15) is 12.0 Å². The van der Waals surface area contributed by atoms with E-state index >= 15 is 0 Å². The maximum absolute atomic E-state index is 12.5. The van der Waals surface area contributed by atoms with Crippen molar-refractivity contribution in [2.75, 3.05) is 12.4 Å². The SMILES string of the molecule is COc1ccccc1CCC(=O)Nc1nc(-c2cccs2)c(-c2cccs2)s1. The molecule has 142 valence electrons. The number of benzene rings is 1. The Labute approximate surface area is 175 Å². The Hall–Kier alpha value is -2.48. The predicted octanol–water partition coefficient (Wildman–Crippen LogP) is 6.18. The van der Waals surface area contributed by atoms with Gasteiger partial charge in [-0.25, -0.2) is 4.98 Å². The molecule has 0 spiro atoms. The Morgan fingerprint density at radius 2 is 1.79 bits per heavy atom. The molecule has 1 amide bonds. The molecule has 0 bridgehead atoms. The first-order chi connectivity index (χ1) is 13.7. The quantitative estimate of drug-likeness (QED) is 0.384. The molecule has 1 N–H and O–H groups in total. The van der Waals surface area contributed by atoms with Crippen LogP contribution in [0.5, 0.6) is 5.75 Å². The molecule has 3 aromatic heterocycles. The van der Waals surface area contributed by atoms with Gasteiger partial charge in [0.05, 0.1) is 16.9 Å². The summed E-state index contributed by atoms with van der Waals surface area (Å²) in [6.07, 6.45) is 0.999. The van der Waals surface area contributed by atoms with E-state index in [0.717, 1.165) is 31.6 Å². The summed E-state index contributed by atoms with van der Waals surface area (Å²) >= 11 is 4.86. The number of aromatic nitrogens is 1. The van der Waals surface area contributed by atoms with E-state index < -0.39 is 0 Å². The Morgan fingerprint density at radius 1 is 1.04 bits per heavy atom. The lowest BCUT2D eigenvalue weighted by Crippen LogP contribution is -2.12. The summed E-state index contributed by atoms with van der Waals surface area (Å²) in [4.78, 5) is 20.6. The van der Waals surface area contributed by atoms with E-state index in [2.05, 4.69) is 22.8 Å². The number of hydrogen-bond acceptors (Lipinski definition) is 6. The maximum atomic E-state index is 12.5. The van der Waals surface area contributed by atoms with Crippen LogP contribution in [0.25, 0.3) is 20.3 Å². The first kappa shape index (κ1) is 18.9. The minimum absolute atomic E-state index is 0.0462. The highest BCUT2D eigenvalue weighted by Gasteiger charge is 2.18. The predicted molar refractivity (Wildman–Crippen MR) is 119 cm³/mol. The zero-order valence-electron chi connectivity index (χ0n) is 15.2. The third-order valence-corrected chi connectivity index (χ3v) is 7.08. The third kappa shape index (κ3) is 4.16. The monoisotopic (exact) mass is 426 g/mol. The summed E-state index contributed by atoms with van der Waals surface area (Å²) < 4.78 is 5.36. The highest BCUT2D eigenvalue weighted by atomic mass is 32.1. The van der Waals surface area contributed by atoms with E-state index in [9.17, 15) is 4.79 Å². The number of carbonyl (C=O) groups excluding carboxylic acids is 1. The van der Waals surface area contributed by atoms with Crippen molar-refractivity contribution in [2.24, 2.45) is 0 Å². The average Bonchev–Trinajstić information content (AvgIpc) is 3.47. The van der Waals surface area contributed by atoms with Crippen LogP contribution in [0.4, 0.5) is 5.13 Å². The largest absolute Gasteiger partial charge is 0.496 e. The lowest BCUT2D eigenvalue weighted by molar-refractivity contribution is -0.116. The zero-order chi connectivity index (χ0) is 19.3. The van der Waals surface area contributed by atoms with Gasteiger partial charge in [-0.3, -0.25) is 4.79 Å². The van der Waals surface area contributed by atoms with Crippen molar-refractivity contribution in [1.29, 1.82) is 0 Å².